The van der Waals surface area contributed by atoms with Crippen LogP contribution in [-0.4, -0.2) is 20.7 Å². The molecule has 1 amide bonds. The van der Waals surface area contributed by atoms with E-state index in [0.717, 1.165) is 39.4 Å². The highest BCUT2D eigenvalue weighted by Crippen LogP contribution is 2.32. The summed E-state index contributed by atoms with van der Waals surface area (Å²) in [4.78, 5) is 16.6. The standard InChI is InChI=1S/C27H28N4O2/c1-19-10-12-23(13-11-19)33-27-24(14-15-26(32)29-18-22-8-6-16-28-17-22)21(3)30-31(27)25-9-5-4-7-20(25)2/h4-13,16-17H,14-15,18H2,1-3H3,(H,29,32). The SMILES string of the molecule is Cc1ccc(Oc2c(CCC(=O)NCc3cccnc3)c(C)nn2-c2ccccc2C)cc1. The Hall–Kier alpha value is -3.93. The first-order valence-corrected chi connectivity index (χ1v) is 11.1. The van der Waals surface area contributed by atoms with Gasteiger partial charge >= 0.3 is 0 Å². The lowest BCUT2D eigenvalue weighted by atomic mass is 10.1. The Labute approximate surface area is 194 Å². The molecule has 2 aromatic heterocycles. The van der Waals surface area contributed by atoms with Crippen LogP contribution in [0.15, 0.2) is 73.1 Å². The van der Waals surface area contributed by atoms with Crippen molar-refractivity contribution < 1.29 is 9.53 Å². The van der Waals surface area contributed by atoms with Gasteiger partial charge in [0.15, 0.2) is 0 Å². The highest BCUT2D eigenvalue weighted by Gasteiger charge is 2.20. The maximum atomic E-state index is 12.5. The summed E-state index contributed by atoms with van der Waals surface area (Å²) in [6, 6.07) is 19.8. The van der Waals surface area contributed by atoms with Gasteiger partial charge in [-0.05, 0) is 62.6 Å². The first kappa shape index (κ1) is 22.3. The van der Waals surface area contributed by atoms with Gasteiger partial charge in [-0.2, -0.15) is 9.78 Å². The van der Waals surface area contributed by atoms with Crippen LogP contribution in [0.4, 0.5) is 0 Å². The van der Waals surface area contributed by atoms with Gasteiger partial charge in [0.2, 0.25) is 11.8 Å². The first-order chi connectivity index (χ1) is 16.0. The summed E-state index contributed by atoms with van der Waals surface area (Å²) in [5.74, 6) is 1.35. The molecular formula is C27H28N4O2. The Morgan fingerprint density at radius 2 is 1.79 bits per heavy atom. The average molecular weight is 441 g/mol. The predicted molar refractivity (Wildman–Crippen MR) is 129 cm³/mol. The second-order valence-electron chi connectivity index (χ2n) is 8.12. The molecule has 4 rings (SSSR count). The van der Waals surface area contributed by atoms with E-state index in [1.165, 1.54) is 0 Å². The summed E-state index contributed by atoms with van der Waals surface area (Å²) in [6.45, 7) is 6.51. The molecular weight excluding hydrogens is 412 g/mol. The number of rotatable bonds is 8. The Kier molecular flexibility index (Phi) is 6.83. The van der Waals surface area contributed by atoms with E-state index < -0.39 is 0 Å². The van der Waals surface area contributed by atoms with E-state index in [-0.39, 0.29) is 5.91 Å². The average Bonchev–Trinajstić information content (AvgIpc) is 3.13. The van der Waals surface area contributed by atoms with Gasteiger partial charge in [-0.15, -0.1) is 0 Å². The molecule has 0 bridgehead atoms. The highest BCUT2D eigenvalue weighted by atomic mass is 16.5. The second-order valence-corrected chi connectivity index (χ2v) is 8.12. The first-order valence-electron chi connectivity index (χ1n) is 11.1. The number of carbonyl (C=O) groups excluding carboxylic acids is 1. The molecule has 0 aliphatic rings. The molecule has 6 nitrogen and oxygen atoms in total. The van der Waals surface area contributed by atoms with Crippen molar-refractivity contribution in [3.63, 3.8) is 0 Å². The summed E-state index contributed by atoms with van der Waals surface area (Å²) in [6.07, 6.45) is 4.34. The lowest BCUT2D eigenvalue weighted by molar-refractivity contribution is -0.121. The van der Waals surface area contributed by atoms with Crippen LogP contribution in [-0.2, 0) is 17.8 Å². The van der Waals surface area contributed by atoms with E-state index in [4.69, 9.17) is 9.84 Å². The highest BCUT2D eigenvalue weighted by molar-refractivity contribution is 5.76. The minimum Gasteiger partial charge on any atom is -0.439 e. The number of hydrogen-bond donors (Lipinski definition) is 1. The van der Waals surface area contributed by atoms with Crippen molar-refractivity contribution in [2.45, 2.75) is 40.2 Å². The maximum Gasteiger partial charge on any atom is 0.226 e. The Morgan fingerprint density at radius 3 is 2.52 bits per heavy atom. The number of amides is 1. The summed E-state index contributed by atoms with van der Waals surface area (Å²) in [5, 5.41) is 7.74. The van der Waals surface area contributed by atoms with Gasteiger partial charge in [-0.25, -0.2) is 0 Å². The van der Waals surface area contributed by atoms with E-state index in [1.807, 2.05) is 86.1 Å². The van der Waals surface area contributed by atoms with Crippen molar-refractivity contribution in [2.75, 3.05) is 0 Å². The summed E-state index contributed by atoms with van der Waals surface area (Å²) in [5.41, 5.74) is 5.95. The Bertz CT molecular complexity index is 1230. The minimum absolute atomic E-state index is 0.0248. The van der Waals surface area contributed by atoms with Crippen molar-refractivity contribution in [1.82, 2.24) is 20.1 Å². The minimum atomic E-state index is -0.0248. The molecule has 6 heteroatoms. The van der Waals surface area contributed by atoms with E-state index in [9.17, 15) is 4.79 Å². The molecule has 0 unspecified atom stereocenters. The molecule has 2 heterocycles. The van der Waals surface area contributed by atoms with Crippen LogP contribution in [0.5, 0.6) is 11.6 Å². The van der Waals surface area contributed by atoms with Gasteiger partial charge in [-0.1, -0.05) is 42.0 Å². The van der Waals surface area contributed by atoms with Crippen LogP contribution in [0.3, 0.4) is 0 Å². The number of benzene rings is 2. The molecule has 4 aromatic rings. The maximum absolute atomic E-state index is 12.5. The lowest BCUT2D eigenvalue weighted by Gasteiger charge is -2.13. The number of hydrogen-bond acceptors (Lipinski definition) is 4. The molecule has 0 spiro atoms. The van der Waals surface area contributed by atoms with Crippen molar-refractivity contribution in [2.24, 2.45) is 0 Å². The molecule has 0 saturated carbocycles. The predicted octanol–water partition coefficient (Wildman–Crippen LogP) is 5.23. The third kappa shape index (κ3) is 5.47. The number of ether oxygens (including phenoxy) is 1. The van der Waals surface area contributed by atoms with Gasteiger partial charge in [0.25, 0.3) is 0 Å². The van der Waals surface area contributed by atoms with Crippen LogP contribution in [0.1, 0.15) is 34.4 Å². The Morgan fingerprint density at radius 1 is 1.00 bits per heavy atom. The summed E-state index contributed by atoms with van der Waals surface area (Å²) in [7, 11) is 0. The number of nitrogens with one attached hydrogen (secondary N) is 1. The topological polar surface area (TPSA) is 69.0 Å². The molecule has 33 heavy (non-hydrogen) atoms. The van der Waals surface area contributed by atoms with E-state index >= 15 is 0 Å². The zero-order valence-electron chi connectivity index (χ0n) is 19.2. The van der Waals surface area contributed by atoms with E-state index in [0.29, 0.717) is 25.3 Å². The van der Waals surface area contributed by atoms with Crippen molar-refractivity contribution in [3.05, 3.63) is 101 Å². The molecule has 1 N–H and O–H groups in total. The van der Waals surface area contributed by atoms with Gasteiger partial charge in [0.05, 0.1) is 11.4 Å². The number of aromatic nitrogens is 3. The quantitative estimate of drug-likeness (QED) is 0.407. The molecule has 0 saturated heterocycles. The molecule has 0 radical (unpaired) electrons. The largest absolute Gasteiger partial charge is 0.439 e. The van der Waals surface area contributed by atoms with Crippen molar-refractivity contribution in [3.8, 4) is 17.3 Å². The van der Waals surface area contributed by atoms with Crippen LogP contribution < -0.4 is 10.1 Å². The van der Waals surface area contributed by atoms with Crippen LogP contribution in [0.25, 0.3) is 5.69 Å². The lowest BCUT2D eigenvalue weighted by Crippen LogP contribution is -2.23. The zero-order chi connectivity index (χ0) is 23.2. The van der Waals surface area contributed by atoms with Crippen molar-refractivity contribution in [1.29, 1.82) is 0 Å². The monoisotopic (exact) mass is 440 g/mol. The van der Waals surface area contributed by atoms with Gasteiger partial charge in [-0.3, -0.25) is 9.78 Å². The Balaban J connectivity index is 1.57. The molecule has 2 aromatic carbocycles. The van der Waals surface area contributed by atoms with E-state index in [2.05, 4.69) is 10.3 Å². The zero-order valence-corrected chi connectivity index (χ0v) is 19.2. The third-order valence-corrected chi connectivity index (χ3v) is 5.53. The second kappa shape index (κ2) is 10.1. The van der Waals surface area contributed by atoms with E-state index in [1.54, 1.807) is 12.4 Å². The molecule has 0 atom stereocenters. The number of pyridine rings is 1. The third-order valence-electron chi connectivity index (χ3n) is 5.53. The molecule has 168 valence electrons. The fourth-order valence-corrected chi connectivity index (χ4v) is 3.64. The fourth-order valence-electron chi connectivity index (χ4n) is 3.64. The van der Waals surface area contributed by atoms with Crippen LogP contribution in [0.2, 0.25) is 0 Å². The number of carbonyl (C=O) groups is 1. The van der Waals surface area contributed by atoms with Gasteiger partial charge in [0, 0.05) is 30.9 Å². The number of aryl methyl sites for hydroxylation is 3. The van der Waals surface area contributed by atoms with Gasteiger partial charge < -0.3 is 10.1 Å². The fraction of sp³-hybridized carbons (Fsp3) is 0.222. The molecule has 0 aliphatic carbocycles. The molecule has 0 fully saturated rings. The normalized spacial score (nSPS) is 10.8. The number of para-hydroxylation sites is 1. The van der Waals surface area contributed by atoms with Crippen LogP contribution in [0, 0.1) is 20.8 Å². The molecule has 0 aliphatic heterocycles. The summed E-state index contributed by atoms with van der Waals surface area (Å²) < 4.78 is 8.19. The van der Waals surface area contributed by atoms with Crippen LogP contribution >= 0.6 is 0 Å². The summed E-state index contributed by atoms with van der Waals surface area (Å²) >= 11 is 0. The smallest absolute Gasteiger partial charge is 0.226 e. The number of nitrogens with zero attached hydrogens (tertiary/aromatic N) is 3. The van der Waals surface area contributed by atoms with Crippen molar-refractivity contribution >= 4 is 5.91 Å². The van der Waals surface area contributed by atoms with Gasteiger partial charge in [0.1, 0.15) is 5.75 Å².